The van der Waals surface area contributed by atoms with E-state index in [4.69, 9.17) is 4.74 Å². The van der Waals surface area contributed by atoms with Crippen molar-refractivity contribution in [2.45, 2.75) is 32.2 Å². The monoisotopic (exact) mass is 449 g/mol. The predicted octanol–water partition coefficient (Wildman–Crippen LogP) is 6.09. The molecule has 0 aromatic heterocycles. The van der Waals surface area contributed by atoms with Gasteiger partial charge in [0, 0.05) is 13.1 Å². The molecule has 0 aliphatic heterocycles. The van der Waals surface area contributed by atoms with Crippen molar-refractivity contribution in [2.24, 2.45) is 0 Å². The summed E-state index contributed by atoms with van der Waals surface area (Å²) in [5.74, 6) is 0.103. The normalized spacial score (nSPS) is 11.9. The first kappa shape index (κ1) is 23.6. The zero-order valence-electron chi connectivity index (χ0n) is 19.4. The van der Waals surface area contributed by atoms with Gasteiger partial charge in [-0.05, 0) is 28.7 Å². The Morgan fingerprint density at radius 2 is 1.00 bits per heavy atom. The highest BCUT2D eigenvalue weighted by atomic mass is 16.5. The summed E-state index contributed by atoms with van der Waals surface area (Å²) in [4.78, 5) is 15.9. The van der Waals surface area contributed by atoms with Crippen molar-refractivity contribution in [1.29, 1.82) is 0 Å². The van der Waals surface area contributed by atoms with Gasteiger partial charge < -0.3 is 4.74 Å². The second-order valence-electron chi connectivity index (χ2n) is 8.53. The van der Waals surface area contributed by atoms with Crippen LogP contribution in [0.15, 0.2) is 121 Å². The van der Waals surface area contributed by atoms with Gasteiger partial charge in [0.15, 0.2) is 5.78 Å². The van der Waals surface area contributed by atoms with Gasteiger partial charge in [-0.15, -0.1) is 0 Å². The van der Waals surface area contributed by atoms with E-state index in [0.717, 1.165) is 11.1 Å². The van der Waals surface area contributed by atoms with Crippen LogP contribution in [0, 0.1) is 0 Å². The molecule has 34 heavy (non-hydrogen) atoms. The highest BCUT2D eigenvalue weighted by Gasteiger charge is 2.26. The summed E-state index contributed by atoms with van der Waals surface area (Å²) in [6.45, 7) is 1.91. The topological polar surface area (TPSA) is 29.5 Å². The predicted molar refractivity (Wildman–Crippen MR) is 137 cm³/mol. The van der Waals surface area contributed by atoms with Crippen molar-refractivity contribution in [2.75, 3.05) is 6.61 Å². The molecule has 4 aromatic carbocycles. The number of hydrogen-bond acceptors (Lipinski definition) is 3. The van der Waals surface area contributed by atoms with Crippen molar-refractivity contribution in [1.82, 2.24) is 4.90 Å². The van der Waals surface area contributed by atoms with E-state index >= 15 is 0 Å². The summed E-state index contributed by atoms with van der Waals surface area (Å²) in [5, 5.41) is 0. The number of ketones is 1. The number of carbonyl (C=O) groups is 1. The fourth-order valence-corrected chi connectivity index (χ4v) is 4.14. The molecule has 4 aromatic rings. The van der Waals surface area contributed by atoms with E-state index in [9.17, 15) is 4.79 Å². The number of benzene rings is 4. The smallest absolute Gasteiger partial charge is 0.175 e. The van der Waals surface area contributed by atoms with Gasteiger partial charge in [-0.1, -0.05) is 121 Å². The summed E-state index contributed by atoms with van der Waals surface area (Å²) in [7, 11) is 0. The minimum absolute atomic E-state index is 0.0898. The average molecular weight is 450 g/mol. The maximum absolute atomic E-state index is 13.6. The molecule has 0 saturated carbocycles. The van der Waals surface area contributed by atoms with Crippen molar-refractivity contribution in [3.05, 3.63) is 144 Å². The molecule has 0 bridgehead atoms. The van der Waals surface area contributed by atoms with Crippen LogP contribution in [0.2, 0.25) is 0 Å². The fourth-order valence-electron chi connectivity index (χ4n) is 4.14. The van der Waals surface area contributed by atoms with Crippen molar-refractivity contribution >= 4 is 5.78 Å². The molecule has 4 rings (SSSR count). The Balaban J connectivity index is 1.56. The van der Waals surface area contributed by atoms with Gasteiger partial charge in [0.05, 0.1) is 12.6 Å². The van der Waals surface area contributed by atoms with E-state index in [1.165, 1.54) is 11.1 Å². The number of nitrogens with zero attached hydrogens (tertiary/aromatic N) is 1. The maximum Gasteiger partial charge on any atom is 0.175 e. The Hall–Kier alpha value is -3.53. The Kier molecular flexibility index (Phi) is 8.78. The summed E-state index contributed by atoms with van der Waals surface area (Å²) in [6, 6.07) is 40.7. The van der Waals surface area contributed by atoms with E-state index in [0.29, 0.717) is 26.1 Å². The van der Waals surface area contributed by atoms with Crippen LogP contribution in [0.25, 0.3) is 0 Å². The molecular weight excluding hydrogens is 418 g/mol. The lowest BCUT2D eigenvalue weighted by Gasteiger charge is -2.31. The summed E-state index contributed by atoms with van der Waals surface area (Å²) in [5.41, 5.74) is 4.60. The first-order valence-electron chi connectivity index (χ1n) is 11.8. The largest absolute Gasteiger partial charge is 0.369 e. The van der Waals surface area contributed by atoms with Crippen LogP contribution in [-0.4, -0.2) is 23.3 Å². The van der Waals surface area contributed by atoms with Crippen LogP contribution >= 0.6 is 0 Å². The molecule has 0 fully saturated rings. The molecule has 1 atom stereocenters. The molecule has 0 aliphatic rings. The van der Waals surface area contributed by atoms with E-state index in [1.807, 2.05) is 84.9 Å². The third kappa shape index (κ3) is 7.24. The zero-order valence-corrected chi connectivity index (χ0v) is 19.4. The highest BCUT2D eigenvalue weighted by molar-refractivity contribution is 5.85. The van der Waals surface area contributed by atoms with Crippen LogP contribution in [0.1, 0.15) is 22.3 Å². The second-order valence-corrected chi connectivity index (χ2v) is 8.53. The van der Waals surface area contributed by atoms with Gasteiger partial charge in [-0.2, -0.15) is 0 Å². The number of carbonyl (C=O) groups excluding carboxylic acids is 1. The second kappa shape index (κ2) is 12.6. The van der Waals surface area contributed by atoms with Crippen LogP contribution in [0.3, 0.4) is 0 Å². The maximum atomic E-state index is 13.6. The number of rotatable bonds is 12. The number of ether oxygens (including phenoxy) is 1. The molecule has 0 N–H and O–H groups in total. The zero-order chi connectivity index (χ0) is 23.4. The molecule has 0 amide bonds. The average Bonchev–Trinajstić information content (AvgIpc) is 2.89. The molecule has 172 valence electrons. The first-order chi connectivity index (χ1) is 16.8. The minimum Gasteiger partial charge on any atom is -0.369 e. The summed E-state index contributed by atoms with van der Waals surface area (Å²) < 4.78 is 5.87. The molecule has 0 saturated heterocycles. The summed E-state index contributed by atoms with van der Waals surface area (Å²) >= 11 is 0. The Bertz CT molecular complexity index is 1070. The van der Waals surface area contributed by atoms with Gasteiger partial charge in [-0.3, -0.25) is 9.69 Å². The van der Waals surface area contributed by atoms with Crippen LogP contribution in [0.4, 0.5) is 0 Å². The standard InChI is InChI=1S/C31H31NO2/c33-31(25-34-24-29-19-11-4-12-20-29)30(21-26-13-5-1-6-14-26)32(22-27-15-7-2-8-16-27)23-28-17-9-3-10-18-28/h1-20,30H,21-25H2/t30-/m0/s1. The van der Waals surface area contributed by atoms with Gasteiger partial charge in [0.1, 0.15) is 6.61 Å². The fraction of sp³-hybridized carbons (Fsp3) is 0.194. The van der Waals surface area contributed by atoms with Gasteiger partial charge >= 0.3 is 0 Å². The molecule has 0 unspecified atom stereocenters. The van der Waals surface area contributed by atoms with Gasteiger partial charge in [-0.25, -0.2) is 0 Å². The van der Waals surface area contributed by atoms with E-state index in [-0.39, 0.29) is 18.4 Å². The third-order valence-electron chi connectivity index (χ3n) is 5.90. The lowest BCUT2D eigenvalue weighted by Crippen LogP contribution is -2.43. The van der Waals surface area contributed by atoms with E-state index in [2.05, 4.69) is 41.3 Å². The van der Waals surface area contributed by atoms with E-state index < -0.39 is 0 Å². The SMILES string of the molecule is O=C(COCc1ccccc1)[C@H](Cc1ccccc1)N(Cc1ccccc1)Cc1ccccc1. The molecule has 0 radical (unpaired) electrons. The molecule has 0 aliphatic carbocycles. The first-order valence-corrected chi connectivity index (χ1v) is 11.8. The Labute approximate surface area is 202 Å². The molecule has 0 spiro atoms. The van der Waals surface area contributed by atoms with Crippen molar-refractivity contribution in [3.63, 3.8) is 0 Å². The number of hydrogen-bond donors (Lipinski definition) is 0. The molecular formula is C31H31NO2. The molecule has 0 heterocycles. The highest BCUT2D eigenvalue weighted by Crippen LogP contribution is 2.18. The Morgan fingerprint density at radius 3 is 1.47 bits per heavy atom. The number of Topliss-reactive ketones (excluding diaryl/α,β-unsaturated/α-hetero) is 1. The van der Waals surface area contributed by atoms with Crippen LogP contribution in [-0.2, 0) is 35.6 Å². The van der Waals surface area contributed by atoms with Crippen LogP contribution < -0.4 is 0 Å². The molecule has 3 heteroatoms. The minimum atomic E-state index is -0.293. The molecule has 3 nitrogen and oxygen atoms in total. The quantitative estimate of drug-likeness (QED) is 0.262. The van der Waals surface area contributed by atoms with Gasteiger partial charge in [0.2, 0.25) is 0 Å². The summed E-state index contributed by atoms with van der Waals surface area (Å²) in [6.07, 6.45) is 0.647. The lowest BCUT2D eigenvalue weighted by molar-refractivity contribution is -0.129. The van der Waals surface area contributed by atoms with Gasteiger partial charge in [0.25, 0.3) is 0 Å². The van der Waals surface area contributed by atoms with Crippen LogP contribution in [0.5, 0.6) is 0 Å². The van der Waals surface area contributed by atoms with Crippen molar-refractivity contribution in [3.8, 4) is 0 Å². The Morgan fingerprint density at radius 1 is 0.588 bits per heavy atom. The lowest BCUT2D eigenvalue weighted by atomic mass is 9.99. The van der Waals surface area contributed by atoms with E-state index in [1.54, 1.807) is 0 Å². The van der Waals surface area contributed by atoms with Crippen molar-refractivity contribution < 1.29 is 9.53 Å². The third-order valence-corrected chi connectivity index (χ3v) is 5.90.